The Morgan fingerprint density at radius 3 is 3.15 bits per heavy atom. The molecule has 0 saturated heterocycles. The van der Waals surface area contributed by atoms with Crippen molar-refractivity contribution in [3.05, 3.63) is 66.3 Å². The van der Waals surface area contributed by atoms with Crippen LogP contribution in [0, 0.1) is 5.92 Å². The number of hydrogen-bond donors (Lipinski definition) is 0. The van der Waals surface area contributed by atoms with Gasteiger partial charge in [-0.3, -0.25) is 9.78 Å². The summed E-state index contributed by atoms with van der Waals surface area (Å²) in [6, 6.07) is 3.76. The Kier molecular flexibility index (Phi) is 5.09. The van der Waals surface area contributed by atoms with Crippen LogP contribution >= 0.6 is 0 Å². The molecule has 0 fully saturated rings. The maximum absolute atomic E-state index is 12.7. The van der Waals surface area contributed by atoms with E-state index in [9.17, 15) is 4.79 Å². The molecule has 27 heavy (non-hydrogen) atoms. The van der Waals surface area contributed by atoms with Crippen molar-refractivity contribution in [2.45, 2.75) is 12.8 Å². The fourth-order valence-corrected chi connectivity index (χ4v) is 3.16. The first kappa shape index (κ1) is 17.2. The monoisotopic (exact) mass is 363 g/mol. The Balaban J connectivity index is 1.33. The van der Waals surface area contributed by atoms with Gasteiger partial charge in [0, 0.05) is 31.3 Å². The van der Waals surface area contributed by atoms with Gasteiger partial charge in [-0.2, -0.15) is 5.10 Å². The molecule has 0 spiro atoms. The quantitative estimate of drug-likeness (QED) is 0.584. The van der Waals surface area contributed by atoms with Gasteiger partial charge in [-0.1, -0.05) is 29.5 Å². The number of fused-ring (bicyclic) bond motifs is 1. The van der Waals surface area contributed by atoms with Crippen molar-refractivity contribution < 1.29 is 9.63 Å². The van der Waals surface area contributed by atoms with Crippen molar-refractivity contribution >= 4 is 12.1 Å². The maximum atomic E-state index is 12.7. The lowest BCUT2D eigenvalue weighted by Crippen LogP contribution is -2.38. The lowest BCUT2D eigenvalue weighted by Gasteiger charge is -2.24. The van der Waals surface area contributed by atoms with E-state index >= 15 is 0 Å². The van der Waals surface area contributed by atoms with Crippen molar-refractivity contribution in [3.63, 3.8) is 0 Å². The Hall–Kier alpha value is -3.22. The first-order chi connectivity index (χ1) is 13.3. The predicted molar refractivity (Wildman–Crippen MR) is 102 cm³/mol. The van der Waals surface area contributed by atoms with Crippen molar-refractivity contribution in [3.8, 4) is 5.69 Å². The summed E-state index contributed by atoms with van der Waals surface area (Å²) in [7, 11) is 0. The summed E-state index contributed by atoms with van der Waals surface area (Å²) >= 11 is 0. The summed E-state index contributed by atoms with van der Waals surface area (Å²) in [6.45, 7) is 1.60. The Morgan fingerprint density at radius 1 is 1.37 bits per heavy atom. The van der Waals surface area contributed by atoms with Crippen LogP contribution in [0.4, 0.5) is 0 Å². The number of oxime groups is 1. The van der Waals surface area contributed by atoms with Gasteiger partial charge in [0.15, 0.2) is 0 Å². The Bertz CT molecular complexity index is 885. The summed E-state index contributed by atoms with van der Waals surface area (Å²) in [5.74, 6) is 0.336. The van der Waals surface area contributed by atoms with Crippen LogP contribution in [0.5, 0.6) is 0 Å². The van der Waals surface area contributed by atoms with Crippen LogP contribution in [0.15, 0.2) is 60.2 Å². The van der Waals surface area contributed by atoms with Crippen LogP contribution in [-0.2, 0) is 11.3 Å². The van der Waals surface area contributed by atoms with E-state index in [0.717, 1.165) is 24.2 Å². The van der Waals surface area contributed by atoms with Crippen molar-refractivity contribution in [1.29, 1.82) is 0 Å². The highest BCUT2D eigenvalue weighted by atomic mass is 16.6. The minimum absolute atomic E-state index is 0.0295. The summed E-state index contributed by atoms with van der Waals surface area (Å²) in [5, 5.41) is 8.52. The summed E-state index contributed by atoms with van der Waals surface area (Å²) in [5.41, 5.74) is 2.30. The molecule has 2 aromatic heterocycles. The summed E-state index contributed by atoms with van der Waals surface area (Å²) < 4.78 is 1.71. The SMILES string of the molecule is O=C1c2cn(-c3cccnc3)nc2CCN1C/C=N/OCC1C=CC=CC1. The molecule has 4 rings (SSSR count). The predicted octanol–water partition coefficient (Wildman–Crippen LogP) is 2.40. The Labute approximate surface area is 157 Å². The third kappa shape index (κ3) is 3.97. The fraction of sp³-hybridized carbons (Fsp3) is 0.300. The van der Waals surface area contributed by atoms with Gasteiger partial charge >= 0.3 is 0 Å². The van der Waals surface area contributed by atoms with E-state index < -0.39 is 0 Å². The van der Waals surface area contributed by atoms with E-state index in [-0.39, 0.29) is 5.91 Å². The third-order valence-electron chi connectivity index (χ3n) is 4.65. The first-order valence-electron chi connectivity index (χ1n) is 9.06. The topological polar surface area (TPSA) is 72.6 Å². The average Bonchev–Trinajstić information content (AvgIpc) is 3.16. The average molecular weight is 363 g/mol. The standard InChI is InChI=1S/C20H21N5O2/c26-20-18-14-25(17-7-4-9-21-13-17)23-19(18)8-11-24(20)12-10-22-27-15-16-5-2-1-3-6-16/h1-5,7,9-10,13-14,16H,6,8,11-12,15H2/b22-10+. The molecule has 3 heterocycles. The van der Waals surface area contributed by atoms with Crippen LogP contribution < -0.4 is 0 Å². The molecule has 0 aromatic carbocycles. The number of amides is 1. The van der Waals surface area contributed by atoms with Gasteiger partial charge in [0.2, 0.25) is 0 Å². The molecular weight excluding hydrogens is 342 g/mol. The lowest BCUT2D eigenvalue weighted by atomic mass is 10.0. The number of allylic oxidation sites excluding steroid dienone is 3. The molecule has 1 amide bonds. The molecule has 0 radical (unpaired) electrons. The molecule has 0 N–H and O–H groups in total. The van der Waals surface area contributed by atoms with Gasteiger partial charge in [-0.15, -0.1) is 0 Å². The molecule has 7 heteroatoms. The van der Waals surface area contributed by atoms with Crippen LogP contribution in [0.25, 0.3) is 5.69 Å². The minimum atomic E-state index is -0.0295. The first-order valence-corrected chi connectivity index (χ1v) is 9.06. The zero-order valence-electron chi connectivity index (χ0n) is 14.9. The van der Waals surface area contributed by atoms with Gasteiger partial charge in [0.05, 0.1) is 35.9 Å². The van der Waals surface area contributed by atoms with E-state index in [1.807, 2.05) is 24.3 Å². The number of hydrogen-bond acceptors (Lipinski definition) is 5. The smallest absolute Gasteiger partial charge is 0.257 e. The van der Waals surface area contributed by atoms with Gasteiger partial charge in [-0.25, -0.2) is 4.68 Å². The van der Waals surface area contributed by atoms with Gasteiger partial charge in [0.25, 0.3) is 5.91 Å². The number of carbonyl (C=O) groups excluding carboxylic acids is 1. The zero-order valence-corrected chi connectivity index (χ0v) is 14.9. The van der Waals surface area contributed by atoms with Gasteiger partial charge in [0.1, 0.15) is 6.61 Å². The lowest BCUT2D eigenvalue weighted by molar-refractivity contribution is 0.0762. The third-order valence-corrected chi connectivity index (χ3v) is 4.65. The molecule has 0 bridgehead atoms. The van der Waals surface area contributed by atoms with Crippen LogP contribution in [-0.4, -0.2) is 51.5 Å². The number of aromatic nitrogens is 3. The second kappa shape index (κ2) is 7.99. The number of rotatable bonds is 6. The normalized spacial score (nSPS) is 18.9. The van der Waals surface area contributed by atoms with Gasteiger partial charge in [-0.05, 0) is 18.6 Å². The summed E-state index contributed by atoms with van der Waals surface area (Å²) in [4.78, 5) is 23.9. The van der Waals surface area contributed by atoms with E-state index in [1.54, 1.807) is 34.4 Å². The highest BCUT2D eigenvalue weighted by Gasteiger charge is 2.27. The molecule has 1 atom stereocenters. The molecule has 7 nitrogen and oxygen atoms in total. The molecule has 2 aromatic rings. The number of carbonyl (C=O) groups is 1. The molecule has 1 aliphatic carbocycles. The second-order valence-electron chi connectivity index (χ2n) is 6.54. The van der Waals surface area contributed by atoms with E-state index in [1.165, 1.54) is 0 Å². The fourth-order valence-electron chi connectivity index (χ4n) is 3.16. The molecule has 138 valence electrons. The van der Waals surface area contributed by atoms with Crippen molar-refractivity contribution in [2.75, 3.05) is 19.7 Å². The van der Waals surface area contributed by atoms with E-state index in [2.05, 4.69) is 27.4 Å². The zero-order chi connectivity index (χ0) is 18.5. The largest absolute Gasteiger partial charge is 0.395 e. The van der Waals surface area contributed by atoms with E-state index in [4.69, 9.17) is 4.84 Å². The highest BCUT2D eigenvalue weighted by Crippen LogP contribution is 2.19. The van der Waals surface area contributed by atoms with E-state index in [0.29, 0.717) is 31.2 Å². The molecule has 1 aliphatic heterocycles. The molecule has 1 unspecified atom stereocenters. The van der Waals surface area contributed by atoms with Crippen LogP contribution in [0.3, 0.4) is 0 Å². The van der Waals surface area contributed by atoms with Crippen molar-refractivity contribution in [2.24, 2.45) is 11.1 Å². The highest BCUT2D eigenvalue weighted by molar-refractivity contribution is 5.97. The summed E-state index contributed by atoms with van der Waals surface area (Å²) in [6.07, 6.45) is 16.9. The van der Waals surface area contributed by atoms with Gasteiger partial charge < -0.3 is 9.74 Å². The molecule has 0 saturated carbocycles. The van der Waals surface area contributed by atoms with Crippen LogP contribution in [0.1, 0.15) is 22.5 Å². The molecule has 2 aliphatic rings. The Morgan fingerprint density at radius 2 is 2.33 bits per heavy atom. The molecular formula is C20H21N5O2. The number of pyridine rings is 1. The van der Waals surface area contributed by atoms with Crippen LogP contribution in [0.2, 0.25) is 0 Å². The number of nitrogens with zero attached hydrogens (tertiary/aromatic N) is 5. The maximum Gasteiger partial charge on any atom is 0.257 e. The second-order valence-corrected chi connectivity index (χ2v) is 6.54. The van der Waals surface area contributed by atoms with Crippen molar-refractivity contribution in [1.82, 2.24) is 19.7 Å². The minimum Gasteiger partial charge on any atom is -0.395 e.